The molecule has 0 spiro atoms. The Bertz CT molecular complexity index is 230. The number of alkyl halides is 2. The maximum atomic E-state index is 13.0. The van der Waals surface area contributed by atoms with E-state index in [1.807, 2.05) is 0 Å². The molecule has 0 radical (unpaired) electrons. The molecule has 0 aromatic rings. The third-order valence-corrected chi connectivity index (χ3v) is 3.84. The maximum Gasteiger partial charge on any atom is 0.309 e. The summed E-state index contributed by atoms with van der Waals surface area (Å²) in [6, 6.07) is 0. The van der Waals surface area contributed by atoms with Gasteiger partial charge in [-0.25, -0.2) is 8.78 Å². The van der Waals surface area contributed by atoms with Gasteiger partial charge in [0.1, 0.15) is 0 Å². The van der Waals surface area contributed by atoms with Crippen LogP contribution in [-0.4, -0.2) is 28.5 Å². The zero-order chi connectivity index (χ0) is 11.5. The summed E-state index contributed by atoms with van der Waals surface area (Å²) in [5.41, 5.74) is -1.21. The molecule has 0 aromatic heterocycles. The number of hydrogen-bond acceptors (Lipinski definition) is 2. The Morgan fingerprint density at radius 2 is 2.13 bits per heavy atom. The molecule has 1 rings (SSSR count). The molecule has 1 saturated heterocycles. The van der Waals surface area contributed by atoms with Gasteiger partial charge in [0.05, 0.1) is 5.41 Å². The molecule has 15 heavy (non-hydrogen) atoms. The van der Waals surface area contributed by atoms with Gasteiger partial charge in [-0.15, -0.1) is 0 Å². The van der Waals surface area contributed by atoms with E-state index in [9.17, 15) is 13.6 Å². The van der Waals surface area contributed by atoms with Crippen LogP contribution in [0.2, 0.25) is 0 Å². The number of carboxylic acids is 1. The Hall–Kier alpha value is -0.320. The number of rotatable bonds is 3. The second-order valence-corrected chi connectivity index (χ2v) is 5.52. The molecule has 0 saturated carbocycles. The van der Waals surface area contributed by atoms with Gasteiger partial charge in [0.25, 0.3) is 0 Å². The van der Waals surface area contributed by atoms with E-state index >= 15 is 0 Å². The minimum atomic E-state index is -2.90. The molecular weight excluding hydrogens is 222 g/mol. The summed E-state index contributed by atoms with van der Waals surface area (Å²) >= 11 is 1.65. The van der Waals surface area contributed by atoms with E-state index in [0.29, 0.717) is 25.0 Å². The van der Waals surface area contributed by atoms with Crippen molar-refractivity contribution in [2.45, 2.75) is 38.5 Å². The molecule has 2 nitrogen and oxygen atoms in total. The van der Waals surface area contributed by atoms with Crippen LogP contribution in [0.5, 0.6) is 0 Å². The lowest BCUT2D eigenvalue weighted by Gasteiger charge is -2.30. The fourth-order valence-electron chi connectivity index (χ4n) is 2.07. The van der Waals surface area contributed by atoms with Crippen LogP contribution in [0.15, 0.2) is 0 Å². The van der Waals surface area contributed by atoms with Crippen molar-refractivity contribution in [2.75, 3.05) is 11.5 Å². The molecule has 1 atom stereocenters. The highest BCUT2D eigenvalue weighted by Crippen LogP contribution is 2.42. The topological polar surface area (TPSA) is 37.3 Å². The summed E-state index contributed by atoms with van der Waals surface area (Å²) in [6.07, 6.45) is 0.915. The van der Waals surface area contributed by atoms with Gasteiger partial charge < -0.3 is 5.11 Å². The fourth-order valence-corrected chi connectivity index (χ4v) is 3.16. The van der Waals surface area contributed by atoms with Crippen LogP contribution >= 0.6 is 11.8 Å². The molecule has 1 heterocycles. The number of thioether (sulfide) groups is 1. The van der Waals surface area contributed by atoms with Crippen molar-refractivity contribution in [3.63, 3.8) is 0 Å². The zero-order valence-corrected chi connectivity index (χ0v) is 9.58. The molecule has 1 unspecified atom stereocenters. The third kappa shape index (κ3) is 3.63. The van der Waals surface area contributed by atoms with Crippen molar-refractivity contribution in [3.8, 4) is 0 Å². The lowest BCUT2D eigenvalue weighted by molar-refractivity contribution is -0.155. The van der Waals surface area contributed by atoms with Crippen LogP contribution in [0.4, 0.5) is 8.78 Å². The van der Waals surface area contributed by atoms with Crippen LogP contribution in [0.3, 0.4) is 0 Å². The lowest BCUT2D eigenvalue weighted by Crippen LogP contribution is -2.36. The van der Waals surface area contributed by atoms with E-state index in [1.54, 1.807) is 11.8 Å². The van der Waals surface area contributed by atoms with Crippen molar-refractivity contribution < 1.29 is 18.7 Å². The summed E-state index contributed by atoms with van der Waals surface area (Å²) in [7, 11) is 0. The van der Waals surface area contributed by atoms with Crippen molar-refractivity contribution >= 4 is 17.7 Å². The number of carbonyl (C=O) groups is 1. The van der Waals surface area contributed by atoms with Crippen molar-refractivity contribution in [3.05, 3.63) is 0 Å². The highest BCUT2D eigenvalue weighted by molar-refractivity contribution is 7.99. The quantitative estimate of drug-likeness (QED) is 0.821. The first-order valence-electron chi connectivity index (χ1n) is 5.05. The average Bonchev–Trinajstić information content (AvgIpc) is 2.28. The van der Waals surface area contributed by atoms with E-state index in [4.69, 9.17) is 5.11 Å². The molecule has 0 bridgehead atoms. The van der Waals surface area contributed by atoms with Gasteiger partial charge in [0.2, 0.25) is 5.92 Å². The monoisotopic (exact) mass is 238 g/mol. The molecule has 88 valence electrons. The minimum absolute atomic E-state index is 0.358. The van der Waals surface area contributed by atoms with Crippen LogP contribution in [-0.2, 0) is 4.79 Å². The van der Waals surface area contributed by atoms with E-state index in [1.165, 1.54) is 0 Å². The van der Waals surface area contributed by atoms with E-state index in [0.717, 1.165) is 12.7 Å². The van der Waals surface area contributed by atoms with Crippen molar-refractivity contribution in [1.82, 2.24) is 0 Å². The Balaban J connectivity index is 2.81. The lowest BCUT2D eigenvalue weighted by atomic mass is 9.76. The predicted octanol–water partition coefficient (Wildman–Crippen LogP) is 3.02. The first-order valence-corrected chi connectivity index (χ1v) is 6.20. The van der Waals surface area contributed by atoms with Crippen LogP contribution in [0.1, 0.15) is 32.6 Å². The average molecular weight is 238 g/mol. The molecule has 0 amide bonds. The number of aliphatic carboxylic acids is 1. The van der Waals surface area contributed by atoms with Gasteiger partial charge in [0.15, 0.2) is 0 Å². The first kappa shape index (κ1) is 12.7. The van der Waals surface area contributed by atoms with Crippen molar-refractivity contribution in [1.29, 1.82) is 0 Å². The first-order chi connectivity index (χ1) is 6.86. The van der Waals surface area contributed by atoms with Gasteiger partial charge in [-0.1, -0.05) is 0 Å². The highest BCUT2D eigenvalue weighted by atomic mass is 32.2. The summed E-state index contributed by atoms with van der Waals surface area (Å²) in [4.78, 5) is 11.2. The second-order valence-electron chi connectivity index (χ2n) is 4.30. The van der Waals surface area contributed by atoms with Gasteiger partial charge in [-0.3, -0.25) is 4.79 Å². The van der Waals surface area contributed by atoms with Crippen LogP contribution < -0.4 is 0 Å². The molecule has 1 N–H and O–H groups in total. The second kappa shape index (κ2) is 4.68. The Morgan fingerprint density at radius 3 is 2.67 bits per heavy atom. The van der Waals surface area contributed by atoms with Gasteiger partial charge >= 0.3 is 5.97 Å². The maximum absolute atomic E-state index is 13.0. The van der Waals surface area contributed by atoms with Crippen LogP contribution in [0.25, 0.3) is 0 Å². The molecular formula is C10H16F2O2S. The molecule has 1 fully saturated rings. The van der Waals surface area contributed by atoms with Crippen LogP contribution in [0, 0.1) is 5.41 Å². The highest BCUT2D eigenvalue weighted by Gasteiger charge is 2.45. The summed E-state index contributed by atoms with van der Waals surface area (Å²) in [5, 5.41) is 9.13. The largest absolute Gasteiger partial charge is 0.481 e. The fraction of sp³-hybridized carbons (Fsp3) is 0.900. The normalized spacial score (nSPS) is 28.5. The Morgan fingerprint density at radius 1 is 1.47 bits per heavy atom. The number of carboxylic acid groups (broad SMARTS) is 1. The SMILES string of the molecule is CC(F)(F)CC1(C(=O)O)CCCSCC1. The molecule has 1 aliphatic rings. The minimum Gasteiger partial charge on any atom is -0.481 e. The zero-order valence-electron chi connectivity index (χ0n) is 8.76. The van der Waals surface area contributed by atoms with E-state index in [-0.39, 0.29) is 0 Å². The van der Waals surface area contributed by atoms with Crippen molar-refractivity contribution in [2.24, 2.45) is 5.41 Å². The van der Waals surface area contributed by atoms with Gasteiger partial charge in [-0.2, -0.15) is 11.8 Å². The summed E-state index contributed by atoms with van der Waals surface area (Å²) < 4.78 is 25.9. The Labute approximate surface area is 92.4 Å². The van der Waals surface area contributed by atoms with E-state index < -0.39 is 23.7 Å². The molecule has 1 aliphatic heterocycles. The molecule has 0 aromatic carbocycles. The molecule has 0 aliphatic carbocycles. The smallest absolute Gasteiger partial charge is 0.309 e. The predicted molar refractivity (Wildman–Crippen MR) is 56.5 cm³/mol. The van der Waals surface area contributed by atoms with Gasteiger partial charge in [-0.05, 0) is 37.7 Å². The van der Waals surface area contributed by atoms with E-state index in [2.05, 4.69) is 0 Å². The Kier molecular flexibility index (Phi) is 3.98. The summed E-state index contributed by atoms with van der Waals surface area (Å²) in [5.74, 6) is -2.41. The molecule has 5 heteroatoms. The van der Waals surface area contributed by atoms with Gasteiger partial charge in [0, 0.05) is 6.42 Å². The number of halogens is 2. The number of hydrogen-bond donors (Lipinski definition) is 1. The third-order valence-electron chi connectivity index (χ3n) is 2.77. The standard InChI is InChI=1S/C10H16F2O2S/c1-9(11,12)7-10(8(13)14)3-2-5-15-6-4-10/h2-7H2,1H3,(H,13,14). The summed E-state index contributed by atoms with van der Waals surface area (Å²) in [6.45, 7) is 0.801.